The molecule has 1 saturated carbocycles. The molecule has 0 atom stereocenters. The third-order valence-electron chi connectivity index (χ3n) is 1.85. The van der Waals surface area contributed by atoms with Crippen LogP contribution in [0.5, 0.6) is 0 Å². The van der Waals surface area contributed by atoms with Crippen molar-refractivity contribution in [2.75, 3.05) is 0 Å². The van der Waals surface area contributed by atoms with Crippen molar-refractivity contribution in [2.45, 2.75) is 25.1 Å². The van der Waals surface area contributed by atoms with Crippen LogP contribution in [0.1, 0.15) is 24.4 Å². The summed E-state index contributed by atoms with van der Waals surface area (Å²) in [5, 5.41) is 3.64. The first-order valence-corrected chi connectivity index (χ1v) is 3.69. The van der Waals surface area contributed by atoms with Crippen LogP contribution in [0.2, 0.25) is 0 Å². The normalized spacial score (nSPS) is 18.2. The second-order valence-corrected chi connectivity index (χ2v) is 2.94. The van der Waals surface area contributed by atoms with Crippen LogP contribution in [-0.4, -0.2) is 9.78 Å². The maximum absolute atomic E-state index is 12.0. The third-order valence-corrected chi connectivity index (χ3v) is 1.85. The second kappa shape index (κ2) is 2.24. The van der Waals surface area contributed by atoms with Gasteiger partial charge >= 0.3 is 6.18 Å². The molecular formula is C7H7F3N2. The van der Waals surface area contributed by atoms with E-state index in [-0.39, 0.29) is 6.04 Å². The molecule has 1 aliphatic rings. The number of aromatic nitrogens is 2. The topological polar surface area (TPSA) is 17.8 Å². The van der Waals surface area contributed by atoms with Crippen LogP contribution in [0.4, 0.5) is 13.2 Å². The van der Waals surface area contributed by atoms with E-state index in [1.54, 1.807) is 0 Å². The Morgan fingerprint density at radius 3 is 2.50 bits per heavy atom. The molecule has 1 heterocycles. The lowest BCUT2D eigenvalue weighted by atomic mass is 10.4. The van der Waals surface area contributed by atoms with Gasteiger partial charge in [0.1, 0.15) is 0 Å². The lowest BCUT2D eigenvalue weighted by Crippen LogP contribution is -2.02. The molecule has 1 aromatic rings. The molecule has 2 nitrogen and oxygen atoms in total. The van der Waals surface area contributed by atoms with Gasteiger partial charge in [-0.2, -0.15) is 18.3 Å². The predicted molar refractivity (Wildman–Crippen MR) is 35.5 cm³/mol. The van der Waals surface area contributed by atoms with E-state index < -0.39 is 11.7 Å². The minimum absolute atomic E-state index is 0.209. The smallest absolute Gasteiger partial charge is 0.269 e. The maximum Gasteiger partial charge on any atom is 0.419 e. The first-order chi connectivity index (χ1) is 5.57. The molecule has 66 valence electrons. The summed E-state index contributed by atoms with van der Waals surface area (Å²) >= 11 is 0. The molecule has 5 heteroatoms. The lowest BCUT2D eigenvalue weighted by molar-refractivity contribution is -0.137. The molecule has 0 saturated heterocycles. The van der Waals surface area contributed by atoms with Gasteiger partial charge in [-0.3, -0.25) is 4.68 Å². The highest BCUT2D eigenvalue weighted by Gasteiger charge is 2.34. The second-order valence-electron chi connectivity index (χ2n) is 2.94. The SMILES string of the molecule is FC(F)(F)c1cnn(C2CC2)c1. The van der Waals surface area contributed by atoms with Gasteiger partial charge in [-0.25, -0.2) is 0 Å². The summed E-state index contributed by atoms with van der Waals surface area (Å²) in [6, 6.07) is 0.209. The van der Waals surface area contributed by atoms with Gasteiger partial charge in [0.2, 0.25) is 0 Å². The number of hydrogen-bond acceptors (Lipinski definition) is 1. The molecular weight excluding hydrogens is 169 g/mol. The third kappa shape index (κ3) is 1.31. The highest BCUT2D eigenvalue weighted by atomic mass is 19.4. The van der Waals surface area contributed by atoms with Crippen molar-refractivity contribution in [2.24, 2.45) is 0 Å². The Bertz CT molecular complexity index is 285. The van der Waals surface area contributed by atoms with E-state index in [1.165, 1.54) is 4.68 Å². The predicted octanol–water partition coefficient (Wildman–Crippen LogP) is 2.24. The zero-order chi connectivity index (χ0) is 8.77. The number of hydrogen-bond donors (Lipinski definition) is 0. The molecule has 0 spiro atoms. The van der Waals surface area contributed by atoms with E-state index in [4.69, 9.17) is 0 Å². The van der Waals surface area contributed by atoms with E-state index in [0.29, 0.717) is 0 Å². The molecule has 0 aromatic carbocycles. The van der Waals surface area contributed by atoms with Gasteiger partial charge in [0, 0.05) is 6.20 Å². The first-order valence-electron chi connectivity index (χ1n) is 3.69. The Morgan fingerprint density at radius 2 is 2.08 bits per heavy atom. The monoisotopic (exact) mass is 176 g/mol. The summed E-state index contributed by atoms with van der Waals surface area (Å²) in [5.74, 6) is 0. The summed E-state index contributed by atoms with van der Waals surface area (Å²) in [5.41, 5.74) is -0.658. The van der Waals surface area contributed by atoms with E-state index in [1.807, 2.05) is 0 Å². The van der Waals surface area contributed by atoms with Crippen molar-refractivity contribution < 1.29 is 13.2 Å². The van der Waals surface area contributed by atoms with Gasteiger partial charge < -0.3 is 0 Å². The zero-order valence-corrected chi connectivity index (χ0v) is 6.17. The molecule has 1 aliphatic carbocycles. The van der Waals surface area contributed by atoms with Crippen molar-refractivity contribution in [3.8, 4) is 0 Å². The van der Waals surface area contributed by atoms with E-state index in [0.717, 1.165) is 25.2 Å². The molecule has 0 radical (unpaired) electrons. The van der Waals surface area contributed by atoms with Crippen LogP contribution >= 0.6 is 0 Å². The zero-order valence-electron chi connectivity index (χ0n) is 6.17. The molecule has 0 N–H and O–H groups in total. The number of nitrogens with zero attached hydrogens (tertiary/aromatic N) is 2. The average Bonchev–Trinajstić information content (AvgIpc) is 2.66. The Kier molecular flexibility index (Phi) is 1.43. The largest absolute Gasteiger partial charge is 0.419 e. The van der Waals surface area contributed by atoms with Crippen LogP contribution in [0, 0.1) is 0 Å². The summed E-state index contributed by atoms with van der Waals surface area (Å²) in [4.78, 5) is 0. The Morgan fingerprint density at radius 1 is 1.42 bits per heavy atom. The van der Waals surface area contributed by atoms with E-state index in [9.17, 15) is 13.2 Å². The molecule has 0 bridgehead atoms. The molecule has 2 rings (SSSR count). The minimum atomic E-state index is -4.26. The standard InChI is InChI=1S/C7H7F3N2/c8-7(9,10)5-3-11-12(4-5)6-1-2-6/h3-4,6H,1-2H2. The van der Waals surface area contributed by atoms with Crippen molar-refractivity contribution in [3.63, 3.8) is 0 Å². The van der Waals surface area contributed by atoms with Gasteiger partial charge in [-0.15, -0.1) is 0 Å². The number of alkyl halides is 3. The summed E-state index contributed by atoms with van der Waals surface area (Å²) in [7, 11) is 0. The van der Waals surface area contributed by atoms with Crippen molar-refractivity contribution in [1.82, 2.24) is 9.78 Å². The van der Waals surface area contributed by atoms with Crippen LogP contribution < -0.4 is 0 Å². The quantitative estimate of drug-likeness (QED) is 0.641. The van der Waals surface area contributed by atoms with Crippen molar-refractivity contribution >= 4 is 0 Å². The van der Waals surface area contributed by atoms with Gasteiger partial charge in [0.25, 0.3) is 0 Å². The summed E-state index contributed by atoms with van der Waals surface area (Å²) in [6.07, 6.45) is -0.429. The molecule has 1 fully saturated rings. The van der Waals surface area contributed by atoms with Crippen LogP contribution in [0.15, 0.2) is 12.4 Å². The van der Waals surface area contributed by atoms with Crippen molar-refractivity contribution in [1.29, 1.82) is 0 Å². The fourth-order valence-corrected chi connectivity index (χ4v) is 1.02. The number of rotatable bonds is 1. The maximum atomic E-state index is 12.0. The minimum Gasteiger partial charge on any atom is -0.269 e. The Balaban J connectivity index is 2.23. The lowest BCUT2D eigenvalue weighted by Gasteiger charge is -2.00. The molecule has 0 unspecified atom stereocenters. The van der Waals surface area contributed by atoms with Gasteiger partial charge in [-0.05, 0) is 12.8 Å². The van der Waals surface area contributed by atoms with Crippen LogP contribution in [0.25, 0.3) is 0 Å². The highest BCUT2D eigenvalue weighted by molar-refractivity contribution is 5.09. The van der Waals surface area contributed by atoms with Gasteiger partial charge in [0.05, 0.1) is 17.8 Å². The fourth-order valence-electron chi connectivity index (χ4n) is 1.02. The van der Waals surface area contributed by atoms with Gasteiger partial charge in [-0.1, -0.05) is 0 Å². The molecule has 1 aromatic heterocycles. The first kappa shape index (κ1) is 7.64. The van der Waals surface area contributed by atoms with Crippen molar-refractivity contribution in [3.05, 3.63) is 18.0 Å². The van der Waals surface area contributed by atoms with Gasteiger partial charge in [0.15, 0.2) is 0 Å². The van der Waals surface area contributed by atoms with E-state index in [2.05, 4.69) is 5.10 Å². The van der Waals surface area contributed by atoms with Crippen LogP contribution in [0.3, 0.4) is 0 Å². The summed E-state index contributed by atoms with van der Waals surface area (Å²) < 4.78 is 37.5. The molecule has 0 aliphatic heterocycles. The highest BCUT2D eigenvalue weighted by Crippen LogP contribution is 2.36. The average molecular weight is 176 g/mol. The Hall–Kier alpha value is -1.00. The van der Waals surface area contributed by atoms with E-state index >= 15 is 0 Å². The number of halogens is 3. The molecule has 0 amide bonds. The van der Waals surface area contributed by atoms with Crippen LogP contribution in [-0.2, 0) is 6.18 Å². The Labute approximate surface area is 67.0 Å². The molecule has 12 heavy (non-hydrogen) atoms. The fraction of sp³-hybridized carbons (Fsp3) is 0.571. The summed E-state index contributed by atoms with van der Waals surface area (Å²) in [6.45, 7) is 0.